The average Bonchev–Trinajstić information content (AvgIpc) is 2.37. The zero-order valence-corrected chi connectivity index (χ0v) is 11.8. The van der Waals surface area contributed by atoms with Gasteiger partial charge in [-0.15, -0.1) is 0 Å². The number of halogens is 1. The molecule has 4 nitrogen and oxygen atoms in total. The molecule has 0 saturated heterocycles. The Balaban J connectivity index is 2.14. The minimum absolute atomic E-state index is 0.208. The number of carbonyl (C=O) groups is 1. The fourth-order valence-electron chi connectivity index (χ4n) is 1.70. The molecule has 1 aliphatic heterocycles. The molecule has 0 saturated carbocycles. The van der Waals surface area contributed by atoms with Gasteiger partial charge in [0.15, 0.2) is 0 Å². The standard InChI is InChI=1S/C13H14BrNO3/c1-8-5-10(6-9(2)12(8)14)15-13(16)11-7-17-3-4-18-11/h5-7H,3-4H2,1-2H3,(H,15,16). The van der Waals surface area contributed by atoms with Crippen LogP contribution in [0.4, 0.5) is 5.69 Å². The third-order valence-corrected chi connectivity index (χ3v) is 3.82. The van der Waals surface area contributed by atoms with Crippen molar-refractivity contribution < 1.29 is 14.3 Å². The Morgan fingerprint density at radius 1 is 1.28 bits per heavy atom. The second kappa shape index (κ2) is 5.44. The van der Waals surface area contributed by atoms with Gasteiger partial charge in [0, 0.05) is 10.2 Å². The van der Waals surface area contributed by atoms with Crippen molar-refractivity contribution >= 4 is 27.5 Å². The van der Waals surface area contributed by atoms with Crippen LogP contribution < -0.4 is 5.32 Å². The molecular formula is C13H14BrNO3. The number of amides is 1. The first-order valence-electron chi connectivity index (χ1n) is 5.60. The molecule has 0 aromatic heterocycles. The quantitative estimate of drug-likeness (QED) is 0.913. The third-order valence-electron chi connectivity index (χ3n) is 2.57. The van der Waals surface area contributed by atoms with E-state index in [0.717, 1.165) is 21.3 Å². The highest BCUT2D eigenvalue weighted by atomic mass is 79.9. The number of ether oxygens (including phenoxy) is 2. The number of aryl methyl sites for hydroxylation is 2. The van der Waals surface area contributed by atoms with Crippen molar-refractivity contribution in [1.29, 1.82) is 0 Å². The normalized spacial score (nSPS) is 14.3. The number of anilines is 1. The Morgan fingerprint density at radius 3 is 2.50 bits per heavy atom. The topological polar surface area (TPSA) is 47.6 Å². The zero-order chi connectivity index (χ0) is 13.1. The first-order chi connectivity index (χ1) is 8.58. The Kier molecular flexibility index (Phi) is 3.91. The molecular weight excluding hydrogens is 298 g/mol. The van der Waals surface area contributed by atoms with Gasteiger partial charge in [0.05, 0.1) is 0 Å². The van der Waals surface area contributed by atoms with Crippen molar-refractivity contribution in [2.45, 2.75) is 13.8 Å². The van der Waals surface area contributed by atoms with E-state index in [1.165, 1.54) is 6.26 Å². The van der Waals surface area contributed by atoms with Gasteiger partial charge in [-0.1, -0.05) is 15.9 Å². The van der Waals surface area contributed by atoms with Crippen LogP contribution in [0.15, 0.2) is 28.6 Å². The van der Waals surface area contributed by atoms with Crippen molar-refractivity contribution in [1.82, 2.24) is 0 Å². The Morgan fingerprint density at radius 2 is 1.94 bits per heavy atom. The largest absolute Gasteiger partial charge is 0.494 e. The molecule has 18 heavy (non-hydrogen) atoms. The molecule has 1 aromatic carbocycles. The molecule has 5 heteroatoms. The predicted octanol–water partition coefficient (Wildman–Crippen LogP) is 2.89. The fraction of sp³-hybridized carbons (Fsp3) is 0.308. The number of rotatable bonds is 2. The number of carbonyl (C=O) groups excluding carboxylic acids is 1. The van der Waals surface area contributed by atoms with Gasteiger partial charge in [-0.3, -0.25) is 4.79 Å². The lowest BCUT2D eigenvalue weighted by Crippen LogP contribution is -2.21. The molecule has 1 amide bonds. The predicted molar refractivity (Wildman–Crippen MR) is 72.2 cm³/mol. The van der Waals surface area contributed by atoms with E-state index in [-0.39, 0.29) is 11.7 Å². The highest BCUT2D eigenvalue weighted by molar-refractivity contribution is 9.10. The van der Waals surface area contributed by atoms with Crippen LogP contribution in [0.3, 0.4) is 0 Å². The van der Waals surface area contributed by atoms with Crippen LogP contribution >= 0.6 is 15.9 Å². The molecule has 0 aliphatic carbocycles. The van der Waals surface area contributed by atoms with Gasteiger partial charge in [-0.05, 0) is 37.1 Å². The van der Waals surface area contributed by atoms with Gasteiger partial charge in [-0.25, -0.2) is 0 Å². The summed E-state index contributed by atoms with van der Waals surface area (Å²) in [6, 6.07) is 3.80. The van der Waals surface area contributed by atoms with Crippen LogP contribution in [-0.2, 0) is 14.3 Å². The summed E-state index contributed by atoms with van der Waals surface area (Å²) in [4.78, 5) is 11.9. The second-order valence-corrected chi connectivity index (χ2v) is 4.87. The van der Waals surface area contributed by atoms with E-state index in [4.69, 9.17) is 9.47 Å². The van der Waals surface area contributed by atoms with Gasteiger partial charge in [0.1, 0.15) is 19.5 Å². The van der Waals surface area contributed by atoms with Crippen molar-refractivity contribution in [2.24, 2.45) is 0 Å². The van der Waals surface area contributed by atoms with E-state index in [0.29, 0.717) is 13.2 Å². The maximum atomic E-state index is 11.9. The van der Waals surface area contributed by atoms with Crippen LogP contribution in [0.2, 0.25) is 0 Å². The van der Waals surface area contributed by atoms with Crippen molar-refractivity contribution in [3.63, 3.8) is 0 Å². The summed E-state index contributed by atoms with van der Waals surface area (Å²) in [6.45, 7) is 4.84. The summed E-state index contributed by atoms with van der Waals surface area (Å²) in [5.41, 5.74) is 2.88. The maximum Gasteiger partial charge on any atom is 0.294 e. The summed E-state index contributed by atoms with van der Waals surface area (Å²) in [5.74, 6) is -0.0877. The average molecular weight is 312 g/mol. The van der Waals surface area contributed by atoms with Crippen LogP contribution in [0, 0.1) is 13.8 Å². The highest BCUT2D eigenvalue weighted by Crippen LogP contribution is 2.25. The van der Waals surface area contributed by atoms with Crippen LogP contribution in [0.5, 0.6) is 0 Å². The van der Waals surface area contributed by atoms with Crippen LogP contribution in [0.1, 0.15) is 11.1 Å². The van der Waals surface area contributed by atoms with Gasteiger partial charge >= 0.3 is 0 Å². The van der Waals surface area contributed by atoms with E-state index in [9.17, 15) is 4.79 Å². The molecule has 0 fully saturated rings. The van der Waals surface area contributed by atoms with Crippen LogP contribution in [0.25, 0.3) is 0 Å². The van der Waals surface area contributed by atoms with Gasteiger partial charge in [0.2, 0.25) is 5.76 Å². The molecule has 1 N–H and O–H groups in total. The van der Waals surface area contributed by atoms with E-state index in [1.54, 1.807) is 0 Å². The van der Waals surface area contributed by atoms with E-state index in [2.05, 4.69) is 21.2 Å². The lowest BCUT2D eigenvalue weighted by molar-refractivity contribution is -0.117. The Hall–Kier alpha value is -1.49. The summed E-state index contributed by atoms with van der Waals surface area (Å²) in [5, 5.41) is 2.79. The molecule has 1 heterocycles. The zero-order valence-electron chi connectivity index (χ0n) is 10.2. The monoisotopic (exact) mass is 311 g/mol. The molecule has 0 unspecified atom stereocenters. The molecule has 0 bridgehead atoms. The first-order valence-corrected chi connectivity index (χ1v) is 6.40. The van der Waals surface area contributed by atoms with E-state index >= 15 is 0 Å². The number of hydrogen-bond donors (Lipinski definition) is 1. The Bertz CT molecular complexity index is 488. The lowest BCUT2D eigenvalue weighted by atomic mass is 10.1. The first kappa shape index (κ1) is 13.0. The molecule has 1 aliphatic rings. The summed E-state index contributed by atoms with van der Waals surface area (Å²) in [7, 11) is 0. The minimum Gasteiger partial charge on any atom is -0.494 e. The summed E-state index contributed by atoms with van der Waals surface area (Å²) >= 11 is 3.49. The summed E-state index contributed by atoms with van der Waals surface area (Å²) in [6.07, 6.45) is 1.34. The fourth-order valence-corrected chi connectivity index (χ4v) is 1.93. The van der Waals surface area contributed by atoms with Crippen molar-refractivity contribution in [3.05, 3.63) is 39.8 Å². The van der Waals surface area contributed by atoms with E-state index in [1.807, 2.05) is 26.0 Å². The molecule has 0 radical (unpaired) electrons. The minimum atomic E-state index is -0.296. The summed E-state index contributed by atoms with van der Waals surface area (Å²) < 4.78 is 11.3. The Labute approximate surface area is 114 Å². The van der Waals surface area contributed by atoms with Gasteiger partial charge in [0.25, 0.3) is 5.91 Å². The number of hydrogen-bond acceptors (Lipinski definition) is 3. The van der Waals surface area contributed by atoms with Crippen molar-refractivity contribution in [3.8, 4) is 0 Å². The smallest absolute Gasteiger partial charge is 0.294 e. The SMILES string of the molecule is Cc1cc(NC(=O)C2=COCCO2)cc(C)c1Br. The second-order valence-electron chi connectivity index (χ2n) is 4.08. The number of benzene rings is 1. The molecule has 1 aromatic rings. The van der Waals surface area contributed by atoms with E-state index < -0.39 is 0 Å². The maximum absolute atomic E-state index is 11.9. The van der Waals surface area contributed by atoms with Gasteiger partial charge in [-0.2, -0.15) is 0 Å². The third kappa shape index (κ3) is 2.85. The highest BCUT2D eigenvalue weighted by Gasteiger charge is 2.15. The van der Waals surface area contributed by atoms with Crippen LogP contribution in [-0.4, -0.2) is 19.1 Å². The van der Waals surface area contributed by atoms with Gasteiger partial charge < -0.3 is 14.8 Å². The molecule has 96 valence electrons. The number of nitrogens with one attached hydrogen (secondary N) is 1. The molecule has 0 spiro atoms. The molecule has 2 rings (SSSR count). The van der Waals surface area contributed by atoms with Crippen molar-refractivity contribution in [2.75, 3.05) is 18.5 Å². The lowest BCUT2D eigenvalue weighted by Gasteiger charge is -2.15. The molecule has 0 atom stereocenters.